The number of carbonyl (C=O) groups is 2. The lowest BCUT2D eigenvalue weighted by Gasteiger charge is -2.33. The largest absolute Gasteiger partial charge is 0.350 e. The van der Waals surface area contributed by atoms with Gasteiger partial charge >= 0.3 is 0 Å². The molecular weight excluding hydrogens is 445 g/mol. The number of para-hydroxylation sites is 1. The van der Waals surface area contributed by atoms with Gasteiger partial charge in [0.25, 0.3) is 0 Å². The Hall–Kier alpha value is -2.94. The van der Waals surface area contributed by atoms with Gasteiger partial charge in [0.15, 0.2) is 0 Å². The fraction of sp³-hybridized carbons (Fsp3) is 0.417. The van der Waals surface area contributed by atoms with Crippen molar-refractivity contribution in [3.05, 3.63) is 66.0 Å². The highest BCUT2D eigenvalue weighted by molar-refractivity contribution is 7.92. The number of amides is 2. The normalized spacial score (nSPS) is 12.7. The van der Waals surface area contributed by atoms with Crippen molar-refractivity contribution >= 4 is 27.5 Å². The van der Waals surface area contributed by atoms with Gasteiger partial charge in [0.05, 0.1) is 11.9 Å². The summed E-state index contributed by atoms with van der Waals surface area (Å²) >= 11 is 0. The second kappa shape index (κ2) is 10.8. The van der Waals surface area contributed by atoms with Gasteiger partial charge < -0.3 is 10.2 Å². The van der Waals surface area contributed by atoms with E-state index >= 15 is 0 Å². The van der Waals surface area contributed by atoms with E-state index in [1.807, 2.05) is 51.1 Å². The van der Waals surface area contributed by atoms with Crippen molar-refractivity contribution in [3.63, 3.8) is 0 Å². The molecule has 0 spiro atoms. The number of benzene rings is 2. The molecule has 0 aromatic heterocycles. The van der Waals surface area contributed by atoms with Crippen molar-refractivity contribution in [3.8, 4) is 0 Å². The summed E-state index contributed by atoms with van der Waals surface area (Å²) < 4.78 is 39.9. The Morgan fingerprint density at radius 3 is 2.15 bits per heavy atom. The molecule has 2 amide bonds. The maximum absolute atomic E-state index is 14.4. The molecule has 0 aliphatic rings. The number of carbonyl (C=O) groups excluding carboxylic acids is 2. The minimum absolute atomic E-state index is 0.191. The third-order valence-electron chi connectivity index (χ3n) is 4.95. The molecule has 2 rings (SSSR count). The SMILES string of the molecule is C[C@@H](C(=O)NC(C)(C)C)N(CCc1ccccc1)C(=O)CN(c1ccccc1F)S(C)(=O)=O. The zero-order valence-electron chi connectivity index (χ0n) is 19.7. The highest BCUT2D eigenvalue weighted by Gasteiger charge is 2.31. The Morgan fingerprint density at radius 2 is 1.61 bits per heavy atom. The Labute approximate surface area is 195 Å². The van der Waals surface area contributed by atoms with Crippen LogP contribution in [0, 0.1) is 5.82 Å². The van der Waals surface area contributed by atoms with Gasteiger partial charge in [-0.25, -0.2) is 12.8 Å². The molecule has 2 aromatic rings. The Kier molecular flexibility index (Phi) is 8.60. The minimum atomic E-state index is -3.97. The van der Waals surface area contributed by atoms with Crippen LogP contribution in [0.25, 0.3) is 0 Å². The molecular formula is C24H32FN3O4S. The molecule has 0 aliphatic heterocycles. The number of rotatable bonds is 9. The van der Waals surface area contributed by atoms with Crippen LogP contribution in [-0.2, 0) is 26.0 Å². The molecule has 0 aliphatic carbocycles. The van der Waals surface area contributed by atoms with Crippen LogP contribution in [-0.4, -0.2) is 56.1 Å². The molecule has 0 saturated heterocycles. The second-order valence-corrected chi connectivity index (χ2v) is 10.9. The van der Waals surface area contributed by atoms with Crippen LogP contribution in [0.5, 0.6) is 0 Å². The van der Waals surface area contributed by atoms with E-state index in [-0.39, 0.29) is 18.1 Å². The summed E-state index contributed by atoms with van der Waals surface area (Å²) in [5, 5.41) is 2.85. The van der Waals surface area contributed by atoms with Gasteiger partial charge in [0.2, 0.25) is 21.8 Å². The third kappa shape index (κ3) is 7.85. The molecule has 0 bridgehead atoms. The summed E-state index contributed by atoms with van der Waals surface area (Å²) in [5.41, 5.74) is 0.238. The zero-order chi connectivity index (χ0) is 24.8. The van der Waals surface area contributed by atoms with Gasteiger partial charge in [-0.1, -0.05) is 42.5 Å². The number of nitrogens with zero attached hydrogens (tertiary/aromatic N) is 2. The van der Waals surface area contributed by atoms with Crippen LogP contribution in [0.4, 0.5) is 10.1 Å². The van der Waals surface area contributed by atoms with E-state index in [2.05, 4.69) is 5.32 Å². The van der Waals surface area contributed by atoms with Gasteiger partial charge in [-0.15, -0.1) is 0 Å². The third-order valence-corrected chi connectivity index (χ3v) is 6.08. The molecule has 180 valence electrons. The van der Waals surface area contributed by atoms with Crippen LogP contribution in [0.1, 0.15) is 33.3 Å². The molecule has 1 atom stereocenters. The Morgan fingerprint density at radius 1 is 1.03 bits per heavy atom. The van der Waals surface area contributed by atoms with Crippen LogP contribution in [0.2, 0.25) is 0 Å². The van der Waals surface area contributed by atoms with Gasteiger partial charge in [0, 0.05) is 12.1 Å². The second-order valence-electron chi connectivity index (χ2n) is 8.96. The first-order valence-corrected chi connectivity index (χ1v) is 12.5. The van der Waals surface area contributed by atoms with Crippen LogP contribution >= 0.6 is 0 Å². The molecule has 9 heteroatoms. The quantitative estimate of drug-likeness (QED) is 0.602. The summed E-state index contributed by atoms with van der Waals surface area (Å²) in [5.74, 6) is -1.72. The number of anilines is 1. The van der Waals surface area contributed by atoms with Crippen LogP contribution < -0.4 is 9.62 Å². The highest BCUT2D eigenvalue weighted by atomic mass is 32.2. The molecule has 0 saturated carbocycles. The van der Waals surface area contributed by atoms with E-state index in [1.165, 1.54) is 23.1 Å². The van der Waals surface area contributed by atoms with Gasteiger partial charge in [-0.05, 0) is 51.8 Å². The average molecular weight is 478 g/mol. The van der Waals surface area contributed by atoms with E-state index in [0.29, 0.717) is 6.42 Å². The summed E-state index contributed by atoms with van der Waals surface area (Å²) in [7, 11) is -3.97. The topological polar surface area (TPSA) is 86.8 Å². The van der Waals surface area contributed by atoms with E-state index in [9.17, 15) is 22.4 Å². The highest BCUT2D eigenvalue weighted by Crippen LogP contribution is 2.22. The van der Waals surface area contributed by atoms with E-state index in [0.717, 1.165) is 22.2 Å². The summed E-state index contributed by atoms with van der Waals surface area (Å²) in [6, 6.07) is 13.9. The van der Waals surface area contributed by atoms with Crippen molar-refractivity contribution in [2.45, 2.75) is 45.7 Å². The summed E-state index contributed by atoms with van der Waals surface area (Å²) in [4.78, 5) is 27.5. The van der Waals surface area contributed by atoms with Gasteiger partial charge in [-0.3, -0.25) is 13.9 Å². The fourth-order valence-electron chi connectivity index (χ4n) is 3.29. The summed E-state index contributed by atoms with van der Waals surface area (Å²) in [6.45, 7) is 6.65. The molecule has 0 radical (unpaired) electrons. The smallest absolute Gasteiger partial charge is 0.244 e. The van der Waals surface area contributed by atoms with Crippen molar-refractivity contribution in [1.82, 2.24) is 10.2 Å². The first kappa shape index (κ1) is 26.3. The monoisotopic (exact) mass is 477 g/mol. The number of hydrogen-bond donors (Lipinski definition) is 1. The van der Waals surface area contributed by atoms with E-state index < -0.39 is 39.9 Å². The molecule has 0 unspecified atom stereocenters. The lowest BCUT2D eigenvalue weighted by atomic mass is 10.1. The Balaban J connectivity index is 2.33. The van der Waals surface area contributed by atoms with E-state index in [1.54, 1.807) is 6.92 Å². The minimum Gasteiger partial charge on any atom is -0.350 e. The number of sulfonamides is 1. The summed E-state index contributed by atoms with van der Waals surface area (Å²) in [6.07, 6.45) is 1.38. The standard InChI is InChI=1S/C24H32FN3O4S/c1-18(23(30)26-24(2,3)4)27(16-15-19-11-7-6-8-12-19)22(29)17-28(33(5,31)32)21-14-10-9-13-20(21)25/h6-14,18H,15-17H2,1-5H3,(H,26,30)/t18-/m0/s1. The first-order valence-electron chi connectivity index (χ1n) is 10.7. The Bertz CT molecular complexity index is 1070. The molecule has 2 aromatic carbocycles. The first-order chi connectivity index (χ1) is 15.3. The molecule has 7 nitrogen and oxygen atoms in total. The van der Waals surface area contributed by atoms with Gasteiger partial charge in [0.1, 0.15) is 18.4 Å². The number of halogens is 1. The maximum atomic E-state index is 14.4. The average Bonchev–Trinajstić information content (AvgIpc) is 2.71. The van der Waals surface area contributed by atoms with Crippen LogP contribution in [0.3, 0.4) is 0 Å². The lowest BCUT2D eigenvalue weighted by Crippen LogP contribution is -2.55. The van der Waals surface area contributed by atoms with Crippen molar-refractivity contribution in [1.29, 1.82) is 0 Å². The predicted molar refractivity (Wildman–Crippen MR) is 128 cm³/mol. The molecule has 33 heavy (non-hydrogen) atoms. The van der Waals surface area contributed by atoms with E-state index in [4.69, 9.17) is 0 Å². The predicted octanol–water partition coefficient (Wildman–Crippen LogP) is 2.97. The fourth-order valence-corrected chi connectivity index (χ4v) is 4.14. The van der Waals surface area contributed by atoms with Crippen molar-refractivity contribution in [2.75, 3.05) is 23.7 Å². The molecule has 1 N–H and O–H groups in total. The van der Waals surface area contributed by atoms with Crippen molar-refractivity contribution < 1.29 is 22.4 Å². The number of nitrogens with one attached hydrogen (secondary N) is 1. The van der Waals surface area contributed by atoms with Crippen LogP contribution in [0.15, 0.2) is 54.6 Å². The zero-order valence-corrected chi connectivity index (χ0v) is 20.5. The van der Waals surface area contributed by atoms with Gasteiger partial charge in [-0.2, -0.15) is 0 Å². The number of hydrogen-bond acceptors (Lipinski definition) is 4. The maximum Gasteiger partial charge on any atom is 0.244 e. The van der Waals surface area contributed by atoms with Crippen molar-refractivity contribution in [2.24, 2.45) is 0 Å². The molecule has 0 heterocycles. The molecule has 0 fully saturated rings. The lowest BCUT2D eigenvalue weighted by molar-refractivity contribution is -0.139.